The van der Waals surface area contributed by atoms with Gasteiger partial charge in [0, 0.05) is 22.6 Å². The van der Waals surface area contributed by atoms with E-state index in [1.165, 1.54) is 11.8 Å². The maximum atomic E-state index is 12.4. The van der Waals surface area contributed by atoms with Crippen molar-refractivity contribution in [3.63, 3.8) is 0 Å². The zero-order valence-corrected chi connectivity index (χ0v) is 15.7. The number of fused-ring (bicyclic) bond motifs is 1. The lowest BCUT2D eigenvalue weighted by atomic mass is 10.2. The number of carbonyl (C=O) groups excluding carboxylic acids is 1. The summed E-state index contributed by atoms with van der Waals surface area (Å²) in [4.78, 5) is 18.5. The van der Waals surface area contributed by atoms with Crippen molar-refractivity contribution in [1.82, 2.24) is 0 Å². The SMILES string of the molecule is O=C(N=C1SC2CS(=O)(=O)CC2N1c1ccc(Cl)cc1)C1CCCO1. The predicted octanol–water partition coefficient (Wildman–Crippen LogP) is 2.12. The van der Waals surface area contributed by atoms with Gasteiger partial charge in [-0.25, -0.2) is 8.42 Å². The molecular weight excluding hydrogens is 384 g/mol. The highest BCUT2D eigenvalue weighted by molar-refractivity contribution is 8.16. The van der Waals surface area contributed by atoms with Gasteiger partial charge in [0.15, 0.2) is 15.0 Å². The zero-order chi connectivity index (χ0) is 17.6. The molecule has 0 aliphatic carbocycles. The van der Waals surface area contributed by atoms with Crippen LogP contribution in [-0.2, 0) is 19.4 Å². The van der Waals surface area contributed by atoms with Crippen LogP contribution in [0.25, 0.3) is 0 Å². The Kier molecular flexibility index (Phi) is 4.56. The Balaban J connectivity index is 1.68. The second-order valence-electron chi connectivity index (χ2n) is 6.38. The Morgan fingerprint density at radius 1 is 1.28 bits per heavy atom. The summed E-state index contributed by atoms with van der Waals surface area (Å²) in [7, 11) is -3.08. The molecular formula is C16H17ClN2O4S2. The van der Waals surface area contributed by atoms with Crippen molar-refractivity contribution in [3.8, 4) is 0 Å². The highest BCUT2D eigenvalue weighted by Crippen LogP contribution is 2.41. The maximum absolute atomic E-state index is 12.4. The lowest BCUT2D eigenvalue weighted by molar-refractivity contribution is -0.126. The lowest BCUT2D eigenvalue weighted by Crippen LogP contribution is -2.38. The Morgan fingerprint density at radius 2 is 2.04 bits per heavy atom. The van der Waals surface area contributed by atoms with Crippen LogP contribution in [0.5, 0.6) is 0 Å². The molecule has 3 heterocycles. The molecule has 134 valence electrons. The first-order valence-corrected chi connectivity index (χ1v) is 11.2. The van der Waals surface area contributed by atoms with Crippen LogP contribution in [0.1, 0.15) is 12.8 Å². The molecule has 6 nitrogen and oxygen atoms in total. The van der Waals surface area contributed by atoms with Gasteiger partial charge in [-0.05, 0) is 37.1 Å². The summed E-state index contributed by atoms with van der Waals surface area (Å²) in [6, 6.07) is 6.92. The highest BCUT2D eigenvalue weighted by atomic mass is 35.5. The molecule has 1 aromatic rings. The van der Waals surface area contributed by atoms with Gasteiger partial charge in [-0.3, -0.25) is 4.79 Å². The molecule has 0 radical (unpaired) electrons. The van der Waals surface area contributed by atoms with Gasteiger partial charge in [0.25, 0.3) is 5.91 Å². The van der Waals surface area contributed by atoms with E-state index < -0.39 is 15.9 Å². The van der Waals surface area contributed by atoms with Crippen molar-refractivity contribution >= 4 is 50.0 Å². The first-order valence-electron chi connectivity index (χ1n) is 8.09. The zero-order valence-electron chi connectivity index (χ0n) is 13.3. The Morgan fingerprint density at radius 3 is 2.72 bits per heavy atom. The molecule has 25 heavy (non-hydrogen) atoms. The topological polar surface area (TPSA) is 76.0 Å². The number of nitrogens with zero attached hydrogens (tertiary/aromatic N) is 2. The number of amidine groups is 1. The number of aliphatic imine (C=N–C) groups is 1. The number of halogens is 1. The normalized spacial score (nSPS) is 32.3. The average molecular weight is 401 g/mol. The van der Waals surface area contributed by atoms with Crippen LogP contribution in [0, 0.1) is 0 Å². The maximum Gasteiger partial charge on any atom is 0.277 e. The van der Waals surface area contributed by atoms with Crippen LogP contribution in [0.15, 0.2) is 29.3 Å². The predicted molar refractivity (Wildman–Crippen MR) is 99.2 cm³/mol. The third-order valence-corrected chi connectivity index (χ3v) is 8.04. The van der Waals surface area contributed by atoms with Crippen molar-refractivity contribution in [1.29, 1.82) is 0 Å². The highest BCUT2D eigenvalue weighted by Gasteiger charge is 2.49. The molecule has 1 amide bonds. The van der Waals surface area contributed by atoms with E-state index in [0.717, 1.165) is 12.1 Å². The summed E-state index contributed by atoms with van der Waals surface area (Å²) < 4.78 is 29.5. The molecule has 3 aliphatic rings. The third kappa shape index (κ3) is 3.45. The van der Waals surface area contributed by atoms with Crippen LogP contribution >= 0.6 is 23.4 Å². The first-order chi connectivity index (χ1) is 11.9. The fourth-order valence-electron chi connectivity index (χ4n) is 3.41. The Labute approximate surface area is 155 Å². The van der Waals surface area contributed by atoms with Gasteiger partial charge in [-0.2, -0.15) is 4.99 Å². The molecule has 0 spiro atoms. The first kappa shape index (κ1) is 17.3. The van der Waals surface area contributed by atoms with Crippen LogP contribution in [-0.4, -0.2) is 55.0 Å². The number of rotatable bonds is 2. The standard InChI is InChI=1S/C16H17ClN2O4S2/c17-10-3-5-11(6-4-10)19-12-8-25(21,22)9-14(12)24-16(19)18-15(20)13-2-1-7-23-13/h3-6,12-14H,1-2,7-9H2. The number of thioether (sulfide) groups is 1. The number of carbonyl (C=O) groups is 1. The largest absolute Gasteiger partial charge is 0.368 e. The summed E-state index contributed by atoms with van der Waals surface area (Å²) >= 11 is 7.33. The van der Waals surface area contributed by atoms with E-state index in [1.54, 1.807) is 12.1 Å². The van der Waals surface area contributed by atoms with Crippen molar-refractivity contribution < 1.29 is 17.9 Å². The van der Waals surface area contributed by atoms with Crippen LogP contribution in [0.3, 0.4) is 0 Å². The third-order valence-electron chi connectivity index (χ3n) is 4.58. The van der Waals surface area contributed by atoms with Crippen LogP contribution < -0.4 is 4.90 Å². The van der Waals surface area contributed by atoms with Gasteiger partial charge in [0.1, 0.15) is 6.10 Å². The molecule has 0 N–H and O–H groups in total. The second-order valence-corrected chi connectivity index (χ2v) is 10.2. The van der Waals surface area contributed by atoms with Gasteiger partial charge in [0.2, 0.25) is 0 Å². The summed E-state index contributed by atoms with van der Waals surface area (Å²) in [5, 5.41) is 1.03. The number of amides is 1. The van der Waals surface area contributed by atoms with Gasteiger partial charge < -0.3 is 9.64 Å². The molecule has 4 rings (SSSR count). The van der Waals surface area contributed by atoms with E-state index in [1.807, 2.05) is 17.0 Å². The minimum Gasteiger partial charge on any atom is -0.368 e. The number of hydrogen-bond acceptors (Lipinski definition) is 5. The lowest BCUT2D eigenvalue weighted by Gasteiger charge is -2.24. The monoisotopic (exact) mass is 400 g/mol. The fourth-order valence-corrected chi connectivity index (χ4v) is 7.45. The molecule has 3 atom stereocenters. The summed E-state index contributed by atoms with van der Waals surface area (Å²) in [5.74, 6) is -0.109. The van der Waals surface area contributed by atoms with Gasteiger partial charge in [-0.15, -0.1) is 0 Å². The molecule has 3 aliphatic heterocycles. The average Bonchev–Trinajstić information content (AvgIpc) is 3.23. The molecule has 3 unspecified atom stereocenters. The number of hydrogen-bond donors (Lipinski definition) is 0. The van der Waals surface area contributed by atoms with Gasteiger partial charge in [-0.1, -0.05) is 23.4 Å². The van der Waals surface area contributed by atoms with Crippen molar-refractivity contribution in [2.45, 2.75) is 30.2 Å². The van der Waals surface area contributed by atoms with E-state index in [-0.39, 0.29) is 28.7 Å². The van der Waals surface area contributed by atoms with Crippen molar-refractivity contribution in [3.05, 3.63) is 29.3 Å². The Hall–Kier alpha value is -1.09. The fraction of sp³-hybridized carbons (Fsp3) is 0.500. The van der Waals surface area contributed by atoms with Gasteiger partial charge >= 0.3 is 0 Å². The van der Waals surface area contributed by atoms with E-state index in [2.05, 4.69) is 4.99 Å². The molecule has 3 saturated heterocycles. The minimum atomic E-state index is -3.08. The summed E-state index contributed by atoms with van der Waals surface area (Å²) in [5.41, 5.74) is 0.792. The molecule has 0 saturated carbocycles. The van der Waals surface area contributed by atoms with Gasteiger partial charge in [0.05, 0.1) is 17.5 Å². The van der Waals surface area contributed by atoms with Crippen molar-refractivity contribution in [2.75, 3.05) is 23.0 Å². The quantitative estimate of drug-likeness (QED) is 0.756. The minimum absolute atomic E-state index is 0.0699. The second kappa shape index (κ2) is 6.57. The summed E-state index contributed by atoms with van der Waals surface area (Å²) in [6.45, 7) is 0.582. The molecule has 1 aromatic carbocycles. The van der Waals surface area contributed by atoms with E-state index >= 15 is 0 Å². The molecule has 0 bridgehead atoms. The smallest absolute Gasteiger partial charge is 0.277 e. The number of sulfone groups is 1. The number of benzene rings is 1. The molecule has 9 heteroatoms. The summed E-state index contributed by atoms with van der Waals surface area (Å²) in [6.07, 6.45) is 1.06. The van der Waals surface area contributed by atoms with E-state index in [9.17, 15) is 13.2 Å². The number of anilines is 1. The molecule has 3 fully saturated rings. The van der Waals surface area contributed by atoms with E-state index in [0.29, 0.717) is 23.2 Å². The van der Waals surface area contributed by atoms with Crippen molar-refractivity contribution in [2.24, 2.45) is 4.99 Å². The Bertz CT molecular complexity index is 819. The number of ether oxygens (including phenoxy) is 1. The van der Waals surface area contributed by atoms with Crippen LogP contribution in [0.4, 0.5) is 5.69 Å². The van der Waals surface area contributed by atoms with Crippen LogP contribution in [0.2, 0.25) is 5.02 Å². The molecule has 0 aromatic heterocycles. The van der Waals surface area contributed by atoms with E-state index in [4.69, 9.17) is 16.3 Å².